The standard InChI is InChI=1S/C16H17F3N2S/c1-11-20-14(10-22-11)12-5-6-15(13(9-12)16(17,18)19)21-7-3-2-4-8-21/h5-6,9-10H,2-4,7-8H2,1H3. The Hall–Kier alpha value is -1.56. The van der Waals surface area contributed by atoms with E-state index < -0.39 is 11.7 Å². The highest BCUT2D eigenvalue weighted by molar-refractivity contribution is 7.09. The highest BCUT2D eigenvalue weighted by Gasteiger charge is 2.35. The smallest absolute Gasteiger partial charge is 0.371 e. The lowest BCUT2D eigenvalue weighted by molar-refractivity contribution is -0.137. The van der Waals surface area contributed by atoms with Crippen molar-refractivity contribution >= 4 is 17.0 Å². The van der Waals surface area contributed by atoms with Crippen molar-refractivity contribution in [2.45, 2.75) is 32.4 Å². The third-order valence-corrected chi connectivity index (χ3v) is 4.69. The van der Waals surface area contributed by atoms with Crippen molar-refractivity contribution in [2.24, 2.45) is 0 Å². The second-order valence-corrected chi connectivity index (χ2v) is 6.59. The van der Waals surface area contributed by atoms with E-state index in [4.69, 9.17) is 0 Å². The third-order valence-electron chi connectivity index (χ3n) is 3.91. The van der Waals surface area contributed by atoms with E-state index >= 15 is 0 Å². The van der Waals surface area contributed by atoms with Gasteiger partial charge in [0.1, 0.15) is 0 Å². The van der Waals surface area contributed by atoms with Gasteiger partial charge in [-0.15, -0.1) is 11.3 Å². The molecule has 1 saturated heterocycles. The number of anilines is 1. The van der Waals surface area contributed by atoms with Crippen molar-refractivity contribution in [1.29, 1.82) is 0 Å². The molecule has 0 radical (unpaired) electrons. The molecule has 0 spiro atoms. The molecule has 2 heterocycles. The van der Waals surface area contributed by atoms with Crippen LogP contribution in [0.1, 0.15) is 29.8 Å². The molecule has 118 valence electrons. The Kier molecular flexibility index (Phi) is 4.12. The van der Waals surface area contributed by atoms with E-state index in [0.29, 0.717) is 30.0 Å². The summed E-state index contributed by atoms with van der Waals surface area (Å²) in [5.74, 6) is 0. The minimum atomic E-state index is -4.35. The van der Waals surface area contributed by atoms with Gasteiger partial charge in [0.2, 0.25) is 0 Å². The predicted octanol–water partition coefficient (Wildman–Crippen LogP) is 5.13. The molecule has 1 aliphatic heterocycles. The van der Waals surface area contributed by atoms with Gasteiger partial charge in [0, 0.05) is 29.7 Å². The highest BCUT2D eigenvalue weighted by Crippen LogP contribution is 2.40. The number of rotatable bonds is 2. The summed E-state index contributed by atoms with van der Waals surface area (Å²) in [6.07, 6.45) is -1.36. The maximum atomic E-state index is 13.5. The molecule has 0 unspecified atom stereocenters. The molecular weight excluding hydrogens is 309 g/mol. The molecule has 1 aliphatic rings. The van der Waals surface area contributed by atoms with Crippen molar-refractivity contribution in [2.75, 3.05) is 18.0 Å². The summed E-state index contributed by atoms with van der Waals surface area (Å²) in [5, 5.41) is 2.65. The molecule has 1 aromatic carbocycles. The topological polar surface area (TPSA) is 16.1 Å². The summed E-state index contributed by atoms with van der Waals surface area (Å²) in [4.78, 5) is 6.13. The fourth-order valence-corrected chi connectivity index (χ4v) is 3.45. The second kappa shape index (κ2) is 5.91. The Bertz CT molecular complexity index is 658. The van der Waals surface area contributed by atoms with Gasteiger partial charge in [0.05, 0.1) is 16.3 Å². The van der Waals surface area contributed by atoms with Gasteiger partial charge in [-0.3, -0.25) is 0 Å². The van der Waals surface area contributed by atoms with Gasteiger partial charge in [-0.25, -0.2) is 4.98 Å². The SMILES string of the molecule is Cc1nc(-c2ccc(N3CCCCC3)c(C(F)(F)F)c2)cs1. The summed E-state index contributed by atoms with van der Waals surface area (Å²) in [7, 11) is 0. The average molecular weight is 326 g/mol. The minimum Gasteiger partial charge on any atom is -0.371 e. The first-order valence-corrected chi connectivity index (χ1v) is 8.22. The number of hydrogen-bond donors (Lipinski definition) is 0. The molecule has 1 fully saturated rings. The van der Waals surface area contributed by atoms with Crippen LogP contribution in [0, 0.1) is 6.92 Å². The van der Waals surface area contributed by atoms with Crippen LogP contribution in [-0.4, -0.2) is 18.1 Å². The zero-order valence-corrected chi connectivity index (χ0v) is 13.1. The van der Waals surface area contributed by atoms with E-state index in [9.17, 15) is 13.2 Å². The van der Waals surface area contributed by atoms with Crippen molar-refractivity contribution < 1.29 is 13.2 Å². The first-order chi connectivity index (χ1) is 10.4. The highest BCUT2D eigenvalue weighted by atomic mass is 32.1. The summed E-state index contributed by atoms with van der Waals surface area (Å²) in [6, 6.07) is 4.57. The zero-order valence-electron chi connectivity index (χ0n) is 12.3. The van der Waals surface area contributed by atoms with Gasteiger partial charge in [-0.1, -0.05) is 6.07 Å². The molecule has 1 aromatic heterocycles. The normalized spacial score (nSPS) is 16.1. The van der Waals surface area contributed by atoms with Crippen LogP contribution in [0.15, 0.2) is 23.6 Å². The van der Waals surface area contributed by atoms with E-state index in [-0.39, 0.29) is 0 Å². The molecular formula is C16H17F3N2S. The number of thiazole rings is 1. The molecule has 2 nitrogen and oxygen atoms in total. The molecule has 22 heavy (non-hydrogen) atoms. The van der Waals surface area contributed by atoms with Gasteiger partial charge in [-0.05, 0) is 38.3 Å². The molecule has 0 N–H and O–H groups in total. The Labute approximate surface area is 131 Å². The van der Waals surface area contributed by atoms with Crippen molar-refractivity contribution in [3.63, 3.8) is 0 Å². The number of nitrogens with zero attached hydrogens (tertiary/aromatic N) is 2. The first-order valence-electron chi connectivity index (χ1n) is 7.34. The Morgan fingerprint density at radius 2 is 1.86 bits per heavy atom. The van der Waals surface area contributed by atoms with Crippen LogP contribution in [-0.2, 0) is 6.18 Å². The lowest BCUT2D eigenvalue weighted by Gasteiger charge is -2.31. The van der Waals surface area contributed by atoms with Crippen LogP contribution in [0.25, 0.3) is 11.3 Å². The van der Waals surface area contributed by atoms with Crippen LogP contribution < -0.4 is 4.90 Å². The maximum absolute atomic E-state index is 13.5. The summed E-state index contributed by atoms with van der Waals surface area (Å²) in [5.41, 5.74) is 0.871. The largest absolute Gasteiger partial charge is 0.418 e. The number of aromatic nitrogens is 1. The number of alkyl halides is 3. The van der Waals surface area contributed by atoms with E-state index in [1.165, 1.54) is 17.4 Å². The Balaban J connectivity index is 2.03. The second-order valence-electron chi connectivity index (χ2n) is 5.53. The summed E-state index contributed by atoms with van der Waals surface area (Å²) in [6.45, 7) is 3.23. The van der Waals surface area contributed by atoms with Gasteiger partial charge in [-0.2, -0.15) is 13.2 Å². The van der Waals surface area contributed by atoms with Crippen molar-refractivity contribution in [3.05, 3.63) is 34.2 Å². The Morgan fingerprint density at radius 3 is 2.45 bits per heavy atom. The quantitative estimate of drug-likeness (QED) is 0.761. The summed E-state index contributed by atoms with van der Waals surface area (Å²) < 4.78 is 40.4. The van der Waals surface area contributed by atoms with E-state index in [1.54, 1.807) is 17.5 Å². The molecule has 3 rings (SSSR count). The number of halogens is 3. The number of aryl methyl sites for hydroxylation is 1. The van der Waals surface area contributed by atoms with E-state index in [2.05, 4.69) is 4.98 Å². The Morgan fingerprint density at radius 1 is 1.14 bits per heavy atom. The van der Waals surface area contributed by atoms with Gasteiger partial charge >= 0.3 is 6.18 Å². The minimum absolute atomic E-state index is 0.294. The van der Waals surface area contributed by atoms with Gasteiger partial charge in [0.25, 0.3) is 0 Å². The van der Waals surface area contributed by atoms with Crippen molar-refractivity contribution in [3.8, 4) is 11.3 Å². The van der Waals surface area contributed by atoms with Crippen LogP contribution in [0.3, 0.4) is 0 Å². The number of piperidine rings is 1. The molecule has 0 amide bonds. The average Bonchev–Trinajstić information content (AvgIpc) is 2.93. The number of hydrogen-bond acceptors (Lipinski definition) is 3. The van der Waals surface area contributed by atoms with Crippen LogP contribution in [0.5, 0.6) is 0 Å². The zero-order chi connectivity index (χ0) is 15.7. The molecule has 0 aliphatic carbocycles. The number of benzene rings is 1. The lowest BCUT2D eigenvalue weighted by atomic mass is 10.0. The molecule has 2 aromatic rings. The monoisotopic (exact) mass is 326 g/mol. The molecule has 0 atom stereocenters. The predicted molar refractivity (Wildman–Crippen MR) is 83.4 cm³/mol. The molecule has 6 heteroatoms. The first kappa shape index (κ1) is 15.3. The van der Waals surface area contributed by atoms with Crippen LogP contribution in [0.4, 0.5) is 18.9 Å². The molecule has 0 bridgehead atoms. The summed E-state index contributed by atoms with van der Waals surface area (Å²) >= 11 is 1.44. The fourth-order valence-electron chi connectivity index (χ4n) is 2.83. The van der Waals surface area contributed by atoms with Crippen LogP contribution >= 0.6 is 11.3 Å². The van der Waals surface area contributed by atoms with Crippen LogP contribution in [0.2, 0.25) is 0 Å². The fraction of sp³-hybridized carbons (Fsp3) is 0.438. The van der Waals surface area contributed by atoms with Gasteiger partial charge < -0.3 is 4.90 Å². The van der Waals surface area contributed by atoms with Gasteiger partial charge in [0.15, 0.2) is 0 Å². The van der Waals surface area contributed by atoms with Crippen molar-refractivity contribution in [1.82, 2.24) is 4.98 Å². The lowest BCUT2D eigenvalue weighted by Crippen LogP contribution is -2.31. The molecule has 0 saturated carbocycles. The third kappa shape index (κ3) is 3.11. The van der Waals surface area contributed by atoms with E-state index in [0.717, 1.165) is 24.3 Å². The van der Waals surface area contributed by atoms with E-state index in [1.807, 2.05) is 11.8 Å². The maximum Gasteiger partial charge on any atom is 0.418 e.